The molecule has 3 rings (SSSR count). The Morgan fingerprint density at radius 3 is 2.40 bits per heavy atom. The van der Waals surface area contributed by atoms with Crippen molar-refractivity contribution in [3.63, 3.8) is 0 Å². The Morgan fingerprint density at radius 2 is 1.76 bits per heavy atom. The van der Waals surface area contributed by atoms with Gasteiger partial charge in [0.1, 0.15) is 5.69 Å². The van der Waals surface area contributed by atoms with Crippen LogP contribution in [0.1, 0.15) is 16.2 Å². The van der Waals surface area contributed by atoms with Gasteiger partial charge in [0, 0.05) is 31.9 Å². The van der Waals surface area contributed by atoms with Gasteiger partial charge in [0.2, 0.25) is 5.95 Å². The number of aromatic nitrogens is 2. The van der Waals surface area contributed by atoms with Crippen molar-refractivity contribution in [3.05, 3.63) is 45.7 Å². The lowest BCUT2D eigenvalue weighted by atomic mass is 10.2. The maximum Gasteiger partial charge on any atom is 0.274 e. The van der Waals surface area contributed by atoms with Crippen LogP contribution in [0.2, 0.25) is 10.0 Å². The number of aryl methyl sites for hydroxylation is 1. The first kappa shape index (κ1) is 17.9. The van der Waals surface area contributed by atoms with E-state index in [2.05, 4.69) is 32.1 Å². The Hall–Kier alpha value is -1.89. The average molecular weight is 380 g/mol. The van der Waals surface area contributed by atoms with Crippen molar-refractivity contribution in [2.45, 2.75) is 6.92 Å². The van der Waals surface area contributed by atoms with E-state index in [9.17, 15) is 4.79 Å². The zero-order valence-electron chi connectivity index (χ0n) is 14.1. The number of hydrogen-bond acceptors (Lipinski definition) is 5. The number of nitrogens with one attached hydrogen (secondary N) is 1. The lowest BCUT2D eigenvalue weighted by Crippen LogP contribution is -2.45. The zero-order valence-corrected chi connectivity index (χ0v) is 15.6. The molecule has 0 unspecified atom stereocenters. The Labute approximate surface area is 156 Å². The summed E-state index contributed by atoms with van der Waals surface area (Å²) < 4.78 is 0. The van der Waals surface area contributed by atoms with Crippen molar-refractivity contribution in [1.29, 1.82) is 0 Å². The Bertz CT molecular complexity index is 770. The molecule has 1 fully saturated rings. The summed E-state index contributed by atoms with van der Waals surface area (Å²) in [5, 5.41) is 3.50. The third-order valence-corrected chi connectivity index (χ3v) is 4.69. The molecule has 0 saturated carbocycles. The Balaban J connectivity index is 1.83. The van der Waals surface area contributed by atoms with Crippen LogP contribution in [0.5, 0.6) is 0 Å². The molecular formula is C17H19Cl2N5O. The molecule has 0 atom stereocenters. The van der Waals surface area contributed by atoms with E-state index in [1.807, 2.05) is 6.92 Å². The number of carbonyl (C=O) groups is 1. The Morgan fingerprint density at radius 1 is 1.12 bits per heavy atom. The molecular weight excluding hydrogens is 361 g/mol. The minimum atomic E-state index is -0.365. The summed E-state index contributed by atoms with van der Waals surface area (Å²) in [4.78, 5) is 25.9. The summed E-state index contributed by atoms with van der Waals surface area (Å²) in [7, 11) is 2.08. The monoisotopic (exact) mass is 379 g/mol. The van der Waals surface area contributed by atoms with Crippen molar-refractivity contribution in [1.82, 2.24) is 14.9 Å². The summed E-state index contributed by atoms with van der Waals surface area (Å²) in [6, 6.07) is 6.72. The van der Waals surface area contributed by atoms with Gasteiger partial charge in [-0.05, 0) is 32.2 Å². The number of hydrogen-bond donors (Lipinski definition) is 1. The fourth-order valence-corrected chi connectivity index (χ4v) is 3.10. The van der Waals surface area contributed by atoms with Gasteiger partial charge in [-0.15, -0.1) is 0 Å². The minimum Gasteiger partial charge on any atom is -0.338 e. The number of carbonyl (C=O) groups excluding carboxylic acids is 1. The van der Waals surface area contributed by atoms with Crippen molar-refractivity contribution in [3.8, 4) is 0 Å². The van der Waals surface area contributed by atoms with Crippen LogP contribution in [0.4, 0.5) is 11.6 Å². The van der Waals surface area contributed by atoms with Crippen molar-refractivity contribution < 1.29 is 4.79 Å². The van der Waals surface area contributed by atoms with Gasteiger partial charge in [-0.25, -0.2) is 9.97 Å². The third kappa shape index (κ3) is 4.21. The molecule has 1 amide bonds. The molecule has 2 aromatic rings. The second-order valence-electron chi connectivity index (χ2n) is 6.04. The minimum absolute atomic E-state index is 0.289. The zero-order chi connectivity index (χ0) is 18.0. The molecule has 1 aromatic heterocycles. The van der Waals surface area contributed by atoms with E-state index in [0.29, 0.717) is 21.7 Å². The maximum atomic E-state index is 12.6. The first-order valence-electron chi connectivity index (χ1n) is 7.98. The van der Waals surface area contributed by atoms with Crippen LogP contribution in [-0.4, -0.2) is 54.0 Å². The number of halogens is 2. The number of likely N-dealkylation sites (N-methyl/N-ethyl adjacent to an activating group) is 1. The summed E-state index contributed by atoms with van der Waals surface area (Å²) >= 11 is 12.2. The van der Waals surface area contributed by atoms with Crippen molar-refractivity contribution in [2.24, 2.45) is 0 Å². The highest BCUT2D eigenvalue weighted by Crippen LogP contribution is 2.30. The van der Waals surface area contributed by atoms with Crippen LogP contribution in [-0.2, 0) is 0 Å². The number of amides is 1. The van der Waals surface area contributed by atoms with E-state index in [-0.39, 0.29) is 11.6 Å². The normalized spacial score (nSPS) is 15.3. The van der Waals surface area contributed by atoms with Gasteiger partial charge in [-0.1, -0.05) is 29.3 Å². The third-order valence-electron chi connectivity index (χ3n) is 4.06. The van der Waals surface area contributed by atoms with E-state index in [1.165, 1.54) is 0 Å². The average Bonchev–Trinajstić information content (AvgIpc) is 2.58. The van der Waals surface area contributed by atoms with Gasteiger partial charge in [-0.3, -0.25) is 4.79 Å². The van der Waals surface area contributed by atoms with Crippen molar-refractivity contribution in [2.75, 3.05) is 43.4 Å². The molecule has 1 aliphatic rings. The highest BCUT2D eigenvalue weighted by Gasteiger charge is 2.20. The fourth-order valence-electron chi connectivity index (χ4n) is 2.61. The van der Waals surface area contributed by atoms with E-state index in [1.54, 1.807) is 24.3 Å². The number of para-hydroxylation sites is 1. The predicted molar refractivity (Wildman–Crippen MR) is 101 cm³/mol. The smallest absolute Gasteiger partial charge is 0.274 e. The molecule has 132 valence electrons. The first-order valence-corrected chi connectivity index (χ1v) is 8.74. The fraction of sp³-hybridized carbons (Fsp3) is 0.353. The number of benzene rings is 1. The summed E-state index contributed by atoms with van der Waals surface area (Å²) in [5.74, 6) is 0.208. The van der Waals surface area contributed by atoms with Crippen LogP contribution in [0.3, 0.4) is 0 Å². The van der Waals surface area contributed by atoms with Gasteiger partial charge in [0.25, 0.3) is 5.91 Å². The molecule has 25 heavy (non-hydrogen) atoms. The van der Waals surface area contributed by atoms with E-state index in [0.717, 1.165) is 31.9 Å². The van der Waals surface area contributed by atoms with Gasteiger partial charge in [-0.2, -0.15) is 0 Å². The topological polar surface area (TPSA) is 61.4 Å². The van der Waals surface area contributed by atoms with Gasteiger partial charge >= 0.3 is 0 Å². The van der Waals surface area contributed by atoms with Gasteiger partial charge in [0.15, 0.2) is 0 Å². The quantitative estimate of drug-likeness (QED) is 0.887. The van der Waals surface area contributed by atoms with Gasteiger partial charge in [0.05, 0.1) is 15.7 Å². The second-order valence-corrected chi connectivity index (χ2v) is 6.85. The maximum absolute atomic E-state index is 12.6. The van der Waals surface area contributed by atoms with Crippen LogP contribution in [0.25, 0.3) is 0 Å². The molecule has 0 radical (unpaired) electrons. The molecule has 0 bridgehead atoms. The molecule has 0 aliphatic carbocycles. The largest absolute Gasteiger partial charge is 0.338 e. The second kappa shape index (κ2) is 7.56. The molecule has 1 aromatic carbocycles. The lowest BCUT2D eigenvalue weighted by molar-refractivity contribution is 0.102. The number of nitrogens with zero attached hydrogens (tertiary/aromatic N) is 4. The molecule has 2 heterocycles. The summed E-state index contributed by atoms with van der Waals surface area (Å²) in [6.07, 6.45) is 0. The van der Waals surface area contributed by atoms with Crippen LogP contribution < -0.4 is 10.2 Å². The summed E-state index contributed by atoms with van der Waals surface area (Å²) in [6.45, 7) is 5.39. The molecule has 1 N–H and O–H groups in total. The SMILES string of the molecule is Cc1cc(C(=O)Nc2c(Cl)cccc2Cl)nc(N2CCN(C)CC2)n1. The van der Waals surface area contributed by atoms with Crippen LogP contribution in [0.15, 0.2) is 24.3 Å². The molecule has 0 spiro atoms. The first-order chi connectivity index (χ1) is 11.9. The Kier molecular flexibility index (Phi) is 5.42. The number of piperazine rings is 1. The predicted octanol–water partition coefficient (Wildman–Crippen LogP) is 3.10. The highest BCUT2D eigenvalue weighted by molar-refractivity contribution is 6.40. The molecule has 1 saturated heterocycles. The van der Waals surface area contributed by atoms with E-state index in [4.69, 9.17) is 23.2 Å². The van der Waals surface area contributed by atoms with Gasteiger partial charge < -0.3 is 15.1 Å². The number of rotatable bonds is 3. The standard InChI is InChI=1S/C17H19Cl2N5O/c1-11-10-14(16(25)22-15-12(18)4-3-5-13(15)19)21-17(20-11)24-8-6-23(2)7-9-24/h3-5,10H,6-9H2,1-2H3,(H,22,25). The molecule has 1 aliphatic heterocycles. The van der Waals surface area contributed by atoms with E-state index < -0.39 is 0 Å². The van der Waals surface area contributed by atoms with Crippen LogP contribution >= 0.6 is 23.2 Å². The lowest BCUT2D eigenvalue weighted by Gasteiger charge is -2.32. The number of anilines is 2. The summed E-state index contributed by atoms with van der Waals surface area (Å²) in [5.41, 5.74) is 1.41. The molecule has 8 heteroatoms. The van der Waals surface area contributed by atoms with E-state index >= 15 is 0 Å². The van der Waals surface area contributed by atoms with Crippen molar-refractivity contribution >= 4 is 40.7 Å². The molecule has 6 nitrogen and oxygen atoms in total. The van der Waals surface area contributed by atoms with Crippen LogP contribution in [0, 0.1) is 6.92 Å². The highest BCUT2D eigenvalue weighted by atomic mass is 35.5.